The first-order chi connectivity index (χ1) is 33.7. The molecule has 71 heavy (non-hydrogen) atoms. The lowest BCUT2D eigenvalue weighted by molar-refractivity contribution is -0.155. The maximum absolute atomic E-state index is 14.8. The van der Waals surface area contributed by atoms with Gasteiger partial charge in [-0.05, 0) is 126 Å². The fraction of sp³-hybridized carbons (Fsp3) is 0.536. The molecule has 4 aliphatic rings. The number of hydrogen-bond donors (Lipinski definition) is 2. The summed E-state index contributed by atoms with van der Waals surface area (Å²) in [6, 6.07) is 15.9. The van der Waals surface area contributed by atoms with Crippen LogP contribution >= 0.6 is 0 Å². The molecule has 0 radical (unpaired) electrons. The fourth-order valence-electron chi connectivity index (χ4n) is 10.7. The molecule has 2 aromatic heterocycles. The summed E-state index contributed by atoms with van der Waals surface area (Å²) >= 11 is 0. The summed E-state index contributed by atoms with van der Waals surface area (Å²) in [7, 11) is 5.50. The van der Waals surface area contributed by atoms with Crippen LogP contribution in [0.5, 0.6) is 0 Å². The Hall–Kier alpha value is -6.08. The molecule has 4 amide bonds. The third-order valence-corrected chi connectivity index (χ3v) is 15.3. The van der Waals surface area contributed by atoms with Gasteiger partial charge in [0.25, 0.3) is 11.8 Å². The van der Waals surface area contributed by atoms with Crippen LogP contribution in [-0.4, -0.2) is 137 Å². The van der Waals surface area contributed by atoms with E-state index in [0.717, 1.165) is 50.1 Å². The summed E-state index contributed by atoms with van der Waals surface area (Å²) in [5.74, 6) is 3.75. The van der Waals surface area contributed by atoms with Gasteiger partial charge in [0.15, 0.2) is 0 Å². The van der Waals surface area contributed by atoms with Crippen molar-refractivity contribution < 1.29 is 33.4 Å². The topological polar surface area (TPSA) is 159 Å². The summed E-state index contributed by atoms with van der Waals surface area (Å²) in [4.78, 5) is 81.1. The number of ether oxygens (including phenoxy) is 2. The van der Waals surface area contributed by atoms with E-state index in [4.69, 9.17) is 14.5 Å². The van der Waals surface area contributed by atoms with E-state index < -0.39 is 52.3 Å². The van der Waals surface area contributed by atoms with Crippen LogP contribution in [0.4, 0.5) is 0 Å². The molecule has 4 aromatic rings. The molecule has 4 aliphatic heterocycles. The Morgan fingerprint density at radius 3 is 2.48 bits per heavy atom. The molecule has 0 aliphatic carbocycles. The minimum Gasteiger partial charge on any atom is -0.464 e. The number of pyridine rings is 1. The summed E-state index contributed by atoms with van der Waals surface area (Å²) in [5, 5.41) is 5.64. The molecule has 3 saturated heterocycles. The van der Waals surface area contributed by atoms with Gasteiger partial charge in [0, 0.05) is 74.3 Å². The Kier molecular flexibility index (Phi) is 14.6. The largest absolute Gasteiger partial charge is 0.464 e. The SMILES string of the molecule is CCn1c(-c2cccnc2[C@H](C)OC)c2c3cc(ccc31)-c1cccc(c1)C[C@H](NC(=O)C(C(C)C)N1CCC3(CN(C(=O)C#CC(C)(C)N(C)C)C3)C1=O)C(=O)N1CCC[C@H](N1)C(=O)OCC(C)(C)C2. The standard InChI is InChI=1S/C56H72N8O7/c1-12-62-45-21-20-39-30-41(45)42(49(62)40-18-14-25-57-47(40)36(4)70-11)31-54(5,6)34-71-52(68)43-19-15-26-64(59-43)51(67)44(29-37-16-13-17-38(39)28-37)58-50(66)48(35(2)3)63-27-24-56(53(63)69)32-61(33-56)46(65)22-23-55(7,8)60(9)10/h13-14,16-18,20-21,25,28,30,35-36,43-44,48,59H,12,15,19,24,26-27,29,31-34H2,1-11H3,(H,58,66)/t36-,43-,44-,48?/m0/s1. The third-order valence-electron chi connectivity index (χ3n) is 15.3. The van der Waals surface area contributed by atoms with E-state index in [1.165, 1.54) is 5.01 Å². The molecule has 2 aromatic carbocycles. The molecule has 1 unspecified atom stereocenters. The lowest BCUT2D eigenvalue weighted by atomic mass is 9.78. The molecule has 1 spiro atoms. The number of carbonyl (C=O) groups is 5. The third kappa shape index (κ3) is 10.2. The number of rotatable bonds is 9. The fourth-order valence-corrected chi connectivity index (χ4v) is 10.7. The number of nitrogens with zero attached hydrogens (tertiary/aromatic N) is 6. The van der Waals surface area contributed by atoms with Crippen molar-refractivity contribution >= 4 is 40.5 Å². The zero-order valence-corrected chi connectivity index (χ0v) is 43.5. The number of cyclic esters (lactones) is 1. The predicted octanol–water partition coefficient (Wildman–Crippen LogP) is 6.18. The molecule has 6 bridgehead atoms. The number of likely N-dealkylation sites (tertiary alicyclic amines) is 2. The highest BCUT2D eigenvalue weighted by Gasteiger charge is 2.58. The Bertz CT molecular complexity index is 2780. The Balaban J connectivity index is 1.13. The molecule has 4 atom stereocenters. The van der Waals surface area contributed by atoms with E-state index in [0.29, 0.717) is 45.3 Å². The van der Waals surface area contributed by atoms with Gasteiger partial charge in [-0.3, -0.25) is 38.9 Å². The van der Waals surface area contributed by atoms with Gasteiger partial charge >= 0.3 is 5.97 Å². The molecule has 0 saturated carbocycles. The van der Waals surface area contributed by atoms with Gasteiger partial charge in [-0.1, -0.05) is 63.9 Å². The number of aryl methyl sites for hydroxylation is 1. The zero-order valence-electron chi connectivity index (χ0n) is 43.5. The monoisotopic (exact) mass is 969 g/mol. The van der Waals surface area contributed by atoms with Crippen LogP contribution in [0, 0.1) is 28.6 Å². The highest BCUT2D eigenvalue weighted by molar-refractivity contribution is 5.99. The van der Waals surface area contributed by atoms with Gasteiger partial charge in [0.05, 0.1) is 35.1 Å². The summed E-state index contributed by atoms with van der Waals surface area (Å²) in [6.45, 7) is 18.0. The first-order valence-corrected chi connectivity index (χ1v) is 25.2. The van der Waals surface area contributed by atoms with Crippen molar-refractivity contribution in [2.45, 2.75) is 124 Å². The van der Waals surface area contributed by atoms with Crippen LogP contribution < -0.4 is 10.7 Å². The summed E-state index contributed by atoms with van der Waals surface area (Å²) in [6.07, 6.45) is 3.79. The first kappa shape index (κ1) is 51.3. The maximum Gasteiger partial charge on any atom is 0.324 e. The number of esters is 1. The van der Waals surface area contributed by atoms with Gasteiger partial charge in [-0.2, -0.15) is 0 Å². The molecule has 378 valence electrons. The number of benzene rings is 2. The molecule has 3 fully saturated rings. The van der Waals surface area contributed by atoms with Crippen LogP contribution in [0.15, 0.2) is 60.8 Å². The molecular formula is C56H72N8O7. The van der Waals surface area contributed by atoms with Crippen molar-refractivity contribution in [3.05, 3.63) is 77.6 Å². The summed E-state index contributed by atoms with van der Waals surface area (Å²) in [5.41, 5.74) is 9.21. The van der Waals surface area contributed by atoms with Gasteiger partial charge in [-0.25, -0.2) is 5.43 Å². The average molecular weight is 969 g/mol. The quantitative estimate of drug-likeness (QED) is 0.147. The first-order valence-electron chi connectivity index (χ1n) is 25.2. The Morgan fingerprint density at radius 1 is 1.03 bits per heavy atom. The number of aromatic nitrogens is 2. The van der Waals surface area contributed by atoms with Gasteiger partial charge in [0.1, 0.15) is 18.1 Å². The van der Waals surface area contributed by atoms with Gasteiger partial charge < -0.3 is 29.2 Å². The number of methoxy groups -OCH3 is 1. The molecule has 8 rings (SSSR count). The van der Waals surface area contributed by atoms with E-state index in [2.05, 4.69) is 84.3 Å². The van der Waals surface area contributed by atoms with Crippen molar-refractivity contribution in [1.82, 2.24) is 40.0 Å². The van der Waals surface area contributed by atoms with Crippen molar-refractivity contribution in [2.24, 2.45) is 16.7 Å². The molecule has 15 heteroatoms. The van der Waals surface area contributed by atoms with Crippen LogP contribution in [0.25, 0.3) is 33.3 Å². The van der Waals surface area contributed by atoms with Crippen LogP contribution in [0.2, 0.25) is 0 Å². The number of hydrazine groups is 1. The highest BCUT2D eigenvalue weighted by atomic mass is 16.5. The number of carbonyl (C=O) groups excluding carboxylic acids is 5. The van der Waals surface area contributed by atoms with Crippen molar-refractivity contribution in [3.63, 3.8) is 0 Å². The number of hydrogen-bond acceptors (Lipinski definition) is 10. The molecule has 2 N–H and O–H groups in total. The highest BCUT2D eigenvalue weighted by Crippen LogP contribution is 2.44. The lowest BCUT2D eigenvalue weighted by Crippen LogP contribution is -2.64. The van der Waals surface area contributed by atoms with Crippen molar-refractivity contribution in [1.29, 1.82) is 0 Å². The average Bonchev–Trinajstić information content (AvgIpc) is 3.83. The van der Waals surface area contributed by atoms with E-state index in [1.54, 1.807) is 23.1 Å². The Morgan fingerprint density at radius 2 is 1.77 bits per heavy atom. The van der Waals surface area contributed by atoms with Crippen LogP contribution in [-0.2, 0) is 52.8 Å². The van der Waals surface area contributed by atoms with Gasteiger partial charge in [-0.15, -0.1) is 0 Å². The molecule has 15 nitrogen and oxygen atoms in total. The number of amides is 4. The second-order valence-corrected chi connectivity index (χ2v) is 21.9. The van der Waals surface area contributed by atoms with E-state index in [-0.39, 0.29) is 50.0 Å². The number of nitrogens with one attached hydrogen (secondary N) is 2. The predicted molar refractivity (Wildman–Crippen MR) is 273 cm³/mol. The Labute approximate surface area is 418 Å². The maximum atomic E-state index is 14.8. The van der Waals surface area contributed by atoms with Crippen molar-refractivity contribution in [2.75, 3.05) is 54.0 Å². The van der Waals surface area contributed by atoms with E-state index in [1.807, 2.05) is 71.8 Å². The minimum absolute atomic E-state index is 0.135. The zero-order chi connectivity index (χ0) is 51.2. The molecule has 6 heterocycles. The van der Waals surface area contributed by atoms with Crippen molar-refractivity contribution in [3.8, 4) is 34.2 Å². The second-order valence-electron chi connectivity index (χ2n) is 21.9. The second kappa shape index (κ2) is 20.2. The van der Waals surface area contributed by atoms with Crippen LogP contribution in [0.1, 0.15) is 97.6 Å². The van der Waals surface area contributed by atoms with E-state index >= 15 is 0 Å². The molecular weight excluding hydrogens is 897 g/mol. The van der Waals surface area contributed by atoms with E-state index in [9.17, 15) is 24.0 Å². The van der Waals surface area contributed by atoms with Crippen LogP contribution in [0.3, 0.4) is 0 Å². The minimum atomic E-state index is -1.05. The number of fused-ring (bicyclic) bond motifs is 6. The van der Waals surface area contributed by atoms with Gasteiger partial charge in [0.2, 0.25) is 11.8 Å². The summed E-state index contributed by atoms with van der Waals surface area (Å²) < 4.78 is 14.3. The normalized spacial score (nSPS) is 21.1. The lowest BCUT2D eigenvalue weighted by Gasteiger charge is -2.46. The smallest absolute Gasteiger partial charge is 0.324 e.